The minimum Gasteiger partial charge on any atom is -0.370 e. The molecule has 6 heteroatoms. The molecule has 0 spiro atoms. The monoisotopic (exact) mass is 248 g/mol. The van der Waals surface area contributed by atoms with Gasteiger partial charge < -0.3 is 10.6 Å². The lowest BCUT2D eigenvalue weighted by molar-refractivity contribution is 0.614. The van der Waals surface area contributed by atoms with Crippen LogP contribution in [0, 0.1) is 5.92 Å². The fourth-order valence-corrected chi connectivity index (χ4v) is 1.72. The SMILES string of the molecule is Cl.Clc1nccc(NCC2CCNC2)n1. The summed E-state index contributed by atoms with van der Waals surface area (Å²) in [6, 6.07) is 1.83. The van der Waals surface area contributed by atoms with Gasteiger partial charge in [0.15, 0.2) is 0 Å². The normalized spacial score (nSPS) is 19.7. The highest BCUT2D eigenvalue weighted by atomic mass is 35.5. The first-order valence-corrected chi connectivity index (χ1v) is 5.15. The molecule has 1 saturated heterocycles. The summed E-state index contributed by atoms with van der Waals surface area (Å²) in [7, 11) is 0. The predicted molar refractivity (Wildman–Crippen MR) is 63.8 cm³/mol. The second-order valence-corrected chi connectivity index (χ2v) is 3.79. The Hall–Kier alpha value is -0.580. The molecule has 0 bridgehead atoms. The number of nitrogens with one attached hydrogen (secondary N) is 2. The standard InChI is InChI=1S/C9H13ClN4.ClH/c10-9-12-4-2-8(14-9)13-6-7-1-3-11-5-7;/h2,4,7,11H,1,3,5-6H2,(H,12,13,14);1H. The van der Waals surface area contributed by atoms with Gasteiger partial charge in [0, 0.05) is 12.7 Å². The molecule has 4 nitrogen and oxygen atoms in total. The molecule has 1 aromatic rings. The van der Waals surface area contributed by atoms with Gasteiger partial charge in [0.25, 0.3) is 0 Å². The van der Waals surface area contributed by atoms with Crippen molar-refractivity contribution in [1.82, 2.24) is 15.3 Å². The van der Waals surface area contributed by atoms with Gasteiger partial charge in [0.1, 0.15) is 5.82 Å². The number of aromatic nitrogens is 2. The minimum atomic E-state index is 0. The van der Waals surface area contributed by atoms with Gasteiger partial charge in [0.05, 0.1) is 0 Å². The van der Waals surface area contributed by atoms with Crippen LogP contribution < -0.4 is 10.6 Å². The van der Waals surface area contributed by atoms with Crippen molar-refractivity contribution in [1.29, 1.82) is 0 Å². The first-order valence-electron chi connectivity index (χ1n) is 4.78. The van der Waals surface area contributed by atoms with Crippen LogP contribution in [0.25, 0.3) is 0 Å². The van der Waals surface area contributed by atoms with Crippen LogP contribution in [0.4, 0.5) is 5.82 Å². The van der Waals surface area contributed by atoms with E-state index in [0.717, 1.165) is 25.5 Å². The number of hydrogen-bond acceptors (Lipinski definition) is 4. The maximum Gasteiger partial charge on any atom is 0.224 e. The molecule has 1 aliphatic rings. The molecule has 1 unspecified atom stereocenters. The number of hydrogen-bond donors (Lipinski definition) is 2. The molecule has 15 heavy (non-hydrogen) atoms. The van der Waals surface area contributed by atoms with Crippen LogP contribution in [-0.2, 0) is 0 Å². The molecular weight excluding hydrogens is 235 g/mol. The average molecular weight is 249 g/mol. The Labute approximate surface area is 100 Å². The topological polar surface area (TPSA) is 49.8 Å². The van der Waals surface area contributed by atoms with Gasteiger partial charge in [-0.25, -0.2) is 9.97 Å². The van der Waals surface area contributed by atoms with Gasteiger partial charge in [0.2, 0.25) is 5.28 Å². The van der Waals surface area contributed by atoms with Crippen molar-refractivity contribution < 1.29 is 0 Å². The van der Waals surface area contributed by atoms with Crippen LogP contribution in [0.3, 0.4) is 0 Å². The molecule has 0 saturated carbocycles. The molecule has 0 amide bonds. The van der Waals surface area contributed by atoms with E-state index < -0.39 is 0 Å². The van der Waals surface area contributed by atoms with Crippen molar-refractivity contribution in [2.45, 2.75) is 6.42 Å². The zero-order valence-electron chi connectivity index (χ0n) is 8.24. The van der Waals surface area contributed by atoms with Crippen molar-refractivity contribution in [2.75, 3.05) is 25.0 Å². The highest BCUT2D eigenvalue weighted by molar-refractivity contribution is 6.28. The summed E-state index contributed by atoms with van der Waals surface area (Å²) in [4.78, 5) is 7.88. The molecule has 1 fully saturated rings. The van der Waals surface area contributed by atoms with Gasteiger partial charge in [-0.1, -0.05) is 0 Å². The van der Waals surface area contributed by atoms with E-state index in [4.69, 9.17) is 11.6 Å². The highest BCUT2D eigenvalue weighted by Crippen LogP contribution is 2.10. The number of rotatable bonds is 3. The van der Waals surface area contributed by atoms with Gasteiger partial charge in [-0.15, -0.1) is 12.4 Å². The molecule has 2 N–H and O–H groups in total. The fraction of sp³-hybridized carbons (Fsp3) is 0.556. The molecule has 84 valence electrons. The Kier molecular flexibility index (Phi) is 5.08. The van der Waals surface area contributed by atoms with Gasteiger partial charge in [-0.05, 0) is 43.1 Å². The van der Waals surface area contributed by atoms with Crippen molar-refractivity contribution >= 4 is 29.8 Å². The van der Waals surface area contributed by atoms with Gasteiger partial charge >= 0.3 is 0 Å². The summed E-state index contributed by atoms with van der Waals surface area (Å²) < 4.78 is 0. The first kappa shape index (κ1) is 12.5. The summed E-state index contributed by atoms with van der Waals surface area (Å²) >= 11 is 5.67. The third-order valence-electron chi connectivity index (χ3n) is 2.36. The fourth-order valence-electron chi connectivity index (χ4n) is 1.57. The predicted octanol–water partition coefficient (Wildman–Crippen LogP) is 1.57. The minimum absolute atomic E-state index is 0. The number of nitrogens with zero attached hydrogens (tertiary/aromatic N) is 2. The van der Waals surface area contributed by atoms with Crippen molar-refractivity contribution in [3.8, 4) is 0 Å². The van der Waals surface area contributed by atoms with Crippen LogP contribution in [0.5, 0.6) is 0 Å². The maximum atomic E-state index is 5.67. The highest BCUT2D eigenvalue weighted by Gasteiger charge is 2.13. The van der Waals surface area contributed by atoms with E-state index in [1.807, 2.05) is 6.07 Å². The third-order valence-corrected chi connectivity index (χ3v) is 2.54. The Bertz CT molecular complexity index is 302. The first-order chi connectivity index (χ1) is 6.84. The molecule has 1 aliphatic heterocycles. The summed E-state index contributed by atoms with van der Waals surface area (Å²) in [6.45, 7) is 3.16. The summed E-state index contributed by atoms with van der Waals surface area (Å²) in [5, 5.41) is 6.86. The van der Waals surface area contributed by atoms with Crippen LogP contribution in [0.1, 0.15) is 6.42 Å². The number of anilines is 1. The second-order valence-electron chi connectivity index (χ2n) is 3.45. The molecule has 2 rings (SSSR count). The van der Waals surface area contributed by atoms with E-state index in [2.05, 4.69) is 20.6 Å². The van der Waals surface area contributed by atoms with Crippen molar-refractivity contribution in [2.24, 2.45) is 5.92 Å². The van der Waals surface area contributed by atoms with E-state index in [0.29, 0.717) is 11.2 Å². The Morgan fingerprint density at radius 3 is 3.13 bits per heavy atom. The number of halogens is 2. The van der Waals surface area contributed by atoms with Gasteiger partial charge in [-0.3, -0.25) is 0 Å². The Morgan fingerprint density at radius 2 is 2.47 bits per heavy atom. The van der Waals surface area contributed by atoms with E-state index >= 15 is 0 Å². The smallest absolute Gasteiger partial charge is 0.224 e. The summed E-state index contributed by atoms with van der Waals surface area (Å²) in [6.07, 6.45) is 2.89. The molecule has 0 aliphatic carbocycles. The van der Waals surface area contributed by atoms with Crippen LogP contribution in [0.15, 0.2) is 12.3 Å². The summed E-state index contributed by atoms with van der Waals surface area (Å²) in [5.41, 5.74) is 0. The largest absolute Gasteiger partial charge is 0.370 e. The zero-order valence-corrected chi connectivity index (χ0v) is 9.81. The Balaban J connectivity index is 0.00000112. The molecular formula is C9H14Cl2N4. The lowest BCUT2D eigenvalue weighted by Crippen LogP contribution is -2.17. The summed E-state index contributed by atoms with van der Waals surface area (Å²) in [5.74, 6) is 1.50. The second kappa shape index (κ2) is 6.10. The third kappa shape index (κ3) is 3.81. The van der Waals surface area contributed by atoms with Crippen LogP contribution in [0.2, 0.25) is 5.28 Å². The van der Waals surface area contributed by atoms with E-state index in [9.17, 15) is 0 Å². The quantitative estimate of drug-likeness (QED) is 0.798. The average Bonchev–Trinajstić information content (AvgIpc) is 2.67. The lowest BCUT2D eigenvalue weighted by atomic mass is 10.1. The molecule has 1 aromatic heterocycles. The van der Waals surface area contributed by atoms with Crippen LogP contribution >= 0.6 is 24.0 Å². The lowest BCUT2D eigenvalue weighted by Gasteiger charge is -2.09. The Morgan fingerprint density at radius 1 is 1.60 bits per heavy atom. The molecule has 0 aromatic carbocycles. The molecule has 1 atom stereocenters. The maximum absolute atomic E-state index is 5.67. The van der Waals surface area contributed by atoms with E-state index in [1.54, 1.807) is 6.20 Å². The zero-order chi connectivity index (χ0) is 9.80. The van der Waals surface area contributed by atoms with Gasteiger partial charge in [-0.2, -0.15) is 0 Å². The van der Waals surface area contributed by atoms with E-state index in [-0.39, 0.29) is 12.4 Å². The van der Waals surface area contributed by atoms with Crippen LogP contribution in [-0.4, -0.2) is 29.6 Å². The van der Waals surface area contributed by atoms with E-state index in [1.165, 1.54) is 6.42 Å². The molecule has 2 heterocycles. The molecule has 0 radical (unpaired) electrons. The van der Waals surface area contributed by atoms with Crippen molar-refractivity contribution in [3.63, 3.8) is 0 Å². The van der Waals surface area contributed by atoms with Crippen molar-refractivity contribution in [3.05, 3.63) is 17.5 Å².